The van der Waals surface area contributed by atoms with E-state index in [4.69, 9.17) is 4.74 Å². The van der Waals surface area contributed by atoms with Gasteiger partial charge in [-0.2, -0.15) is 0 Å². The lowest BCUT2D eigenvalue weighted by Crippen LogP contribution is -2.47. The van der Waals surface area contributed by atoms with E-state index in [-0.39, 0.29) is 5.91 Å². The third-order valence-corrected chi connectivity index (χ3v) is 5.91. The van der Waals surface area contributed by atoms with Crippen LogP contribution in [0.15, 0.2) is 73.1 Å². The second kappa shape index (κ2) is 12.0. The molecule has 0 spiro atoms. The van der Waals surface area contributed by atoms with Crippen LogP contribution in [-0.2, 0) is 4.79 Å². The lowest BCUT2D eigenvalue weighted by molar-refractivity contribution is -0.115. The fraction of sp³-hybridized carbons (Fsp3) is 0.296. The Hall–Kier alpha value is -3.71. The molecule has 4 rings (SSSR count). The number of carbonyl (C=O) groups excluding carboxylic acids is 1. The fourth-order valence-corrected chi connectivity index (χ4v) is 4.06. The van der Waals surface area contributed by atoms with Gasteiger partial charge in [-0.05, 0) is 36.7 Å². The van der Waals surface area contributed by atoms with Crippen LogP contribution in [0.5, 0.6) is 5.75 Å². The molecule has 0 radical (unpaired) electrons. The number of ether oxygens (including phenoxy) is 1. The summed E-state index contributed by atoms with van der Waals surface area (Å²) in [7, 11) is 1.64. The number of rotatable bonds is 9. The highest BCUT2D eigenvalue weighted by Crippen LogP contribution is 2.24. The number of hydrogen-bond acceptors (Lipinski definition) is 6. The molecule has 3 aromatic rings. The Morgan fingerprint density at radius 3 is 2.41 bits per heavy atom. The number of anilines is 1. The summed E-state index contributed by atoms with van der Waals surface area (Å²) < 4.78 is 5.47. The van der Waals surface area contributed by atoms with Crippen molar-refractivity contribution in [2.45, 2.75) is 6.42 Å². The SMILES string of the molecule is COc1ccccc1C=C(C(=O)NCCCN1CCN(c2ncccn2)CC1)c1ccccc1. The Labute approximate surface area is 201 Å². The largest absolute Gasteiger partial charge is 0.496 e. The van der Waals surface area contributed by atoms with Gasteiger partial charge in [-0.25, -0.2) is 9.97 Å². The number of carbonyl (C=O) groups is 1. The standard InChI is InChI=1S/C27H31N5O2/c1-34-25-12-6-5-11-23(25)21-24(22-9-3-2-4-10-22)26(33)28-15-8-16-31-17-19-32(20-18-31)27-29-13-7-14-30-27/h2-7,9-14,21H,8,15-20H2,1H3,(H,28,33). The predicted molar refractivity (Wildman–Crippen MR) is 136 cm³/mol. The van der Waals surface area contributed by atoms with E-state index in [9.17, 15) is 4.79 Å². The van der Waals surface area contributed by atoms with E-state index in [1.807, 2.05) is 66.7 Å². The van der Waals surface area contributed by atoms with E-state index >= 15 is 0 Å². The van der Waals surface area contributed by atoms with Crippen LogP contribution in [0.1, 0.15) is 17.5 Å². The molecule has 2 heterocycles. The molecule has 0 atom stereocenters. The molecule has 1 aromatic heterocycles. The highest BCUT2D eigenvalue weighted by molar-refractivity contribution is 6.24. The lowest BCUT2D eigenvalue weighted by atomic mass is 10.0. The van der Waals surface area contributed by atoms with Crippen LogP contribution in [0, 0.1) is 0 Å². The number of nitrogens with zero attached hydrogens (tertiary/aromatic N) is 4. The minimum atomic E-state index is -0.0804. The van der Waals surface area contributed by atoms with Gasteiger partial charge in [-0.3, -0.25) is 9.69 Å². The van der Waals surface area contributed by atoms with Gasteiger partial charge in [0.05, 0.1) is 7.11 Å². The minimum absolute atomic E-state index is 0.0804. The van der Waals surface area contributed by atoms with E-state index in [1.165, 1.54) is 0 Å². The van der Waals surface area contributed by atoms with Crippen molar-refractivity contribution in [3.63, 3.8) is 0 Å². The first kappa shape index (κ1) is 23.4. The van der Waals surface area contributed by atoms with Crippen molar-refractivity contribution in [2.24, 2.45) is 0 Å². The highest BCUT2D eigenvalue weighted by Gasteiger charge is 2.18. The van der Waals surface area contributed by atoms with Crippen LogP contribution in [0.3, 0.4) is 0 Å². The number of aromatic nitrogens is 2. The number of methoxy groups -OCH3 is 1. The Bertz CT molecular complexity index is 1080. The van der Waals surface area contributed by atoms with Gasteiger partial charge in [0.2, 0.25) is 5.95 Å². The molecule has 34 heavy (non-hydrogen) atoms. The van der Waals surface area contributed by atoms with Crippen LogP contribution in [0.25, 0.3) is 11.6 Å². The molecule has 1 N–H and O–H groups in total. The first-order chi connectivity index (χ1) is 16.7. The van der Waals surface area contributed by atoms with Gasteiger partial charge in [-0.1, -0.05) is 48.5 Å². The van der Waals surface area contributed by atoms with Crippen molar-refractivity contribution in [3.8, 4) is 5.75 Å². The molecule has 176 valence electrons. The quantitative estimate of drug-likeness (QED) is 0.302. The van der Waals surface area contributed by atoms with Crippen LogP contribution >= 0.6 is 0 Å². The van der Waals surface area contributed by atoms with E-state index in [0.717, 1.165) is 62.0 Å². The first-order valence-corrected chi connectivity index (χ1v) is 11.7. The molecule has 1 fully saturated rings. The summed E-state index contributed by atoms with van der Waals surface area (Å²) in [6, 6.07) is 19.3. The van der Waals surface area contributed by atoms with Gasteiger partial charge < -0.3 is 15.0 Å². The van der Waals surface area contributed by atoms with Crippen molar-refractivity contribution in [1.29, 1.82) is 0 Å². The maximum Gasteiger partial charge on any atom is 0.251 e. The maximum atomic E-state index is 13.1. The average Bonchev–Trinajstić information content (AvgIpc) is 2.91. The number of hydrogen-bond donors (Lipinski definition) is 1. The Kier molecular flexibility index (Phi) is 8.24. The summed E-state index contributed by atoms with van der Waals surface area (Å²) in [5, 5.41) is 3.11. The van der Waals surface area contributed by atoms with Crippen molar-refractivity contribution in [2.75, 3.05) is 51.3 Å². The lowest BCUT2D eigenvalue weighted by Gasteiger charge is -2.34. The number of nitrogens with one attached hydrogen (secondary N) is 1. The zero-order valence-corrected chi connectivity index (χ0v) is 19.6. The fourth-order valence-electron chi connectivity index (χ4n) is 4.06. The Balaban J connectivity index is 1.31. The van der Waals surface area contributed by atoms with Gasteiger partial charge in [-0.15, -0.1) is 0 Å². The van der Waals surface area contributed by atoms with Crippen molar-refractivity contribution in [1.82, 2.24) is 20.2 Å². The Morgan fingerprint density at radius 2 is 1.68 bits per heavy atom. The molecule has 1 amide bonds. The molecule has 7 nitrogen and oxygen atoms in total. The van der Waals surface area contributed by atoms with E-state index in [1.54, 1.807) is 19.5 Å². The molecule has 0 bridgehead atoms. The summed E-state index contributed by atoms with van der Waals surface area (Å²) in [5.41, 5.74) is 2.38. The third kappa shape index (κ3) is 6.20. The molecule has 0 unspecified atom stereocenters. The second-order valence-corrected chi connectivity index (χ2v) is 8.15. The zero-order valence-electron chi connectivity index (χ0n) is 19.6. The van der Waals surface area contributed by atoms with E-state index < -0.39 is 0 Å². The molecule has 1 aliphatic heterocycles. The highest BCUT2D eigenvalue weighted by atomic mass is 16.5. The average molecular weight is 458 g/mol. The third-order valence-electron chi connectivity index (χ3n) is 5.91. The maximum absolute atomic E-state index is 13.1. The van der Waals surface area contributed by atoms with Crippen molar-refractivity contribution in [3.05, 3.63) is 84.2 Å². The number of amides is 1. The molecule has 0 saturated carbocycles. The van der Waals surface area contributed by atoms with Gasteiger partial charge in [0.15, 0.2) is 0 Å². The topological polar surface area (TPSA) is 70.6 Å². The van der Waals surface area contributed by atoms with Crippen molar-refractivity contribution >= 4 is 23.5 Å². The summed E-state index contributed by atoms with van der Waals surface area (Å²) >= 11 is 0. The van der Waals surface area contributed by atoms with Crippen LogP contribution in [-0.4, -0.2) is 67.2 Å². The second-order valence-electron chi connectivity index (χ2n) is 8.15. The minimum Gasteiger partial charge on any atom is -0.496 e. The Morgan fingerprint density at radius 1 is 0.971 bits per heavy atom. The number of piperazine rings is 1. The van der Waals surface area contributed by atoms with Crippen LogP contribution < -0.4 is 15.0 Å². The van der Waals surface area contributed by atoms with E-state index in [0.29, 0.717) is 12.1 Å². The molecule has 1 aliphatic rings. The molecule has 2 aromatic carbocycles. The smallest absolute Gasteiger partial charge is 0.251 e. The predicted octanol–water partition coefficient (Wildman–Crippen LogP) is 3.35. The summed E-state index contributed by atoms with van der Waals surface area (Å²) in [6.45, 7) is 5.33. The molecule has 7 heteroatoms. The zero-order chi connectivity index (χ0) is 23.6. The number of para-hydroxylation sites is 1. The summed E-state index contributed by atoms with van der Waals surface area (Å²) in [5.74, 6) is 1.46. The van der Waals surface area contributed by atoms with Gasteiger partial charge >= 0.3 is 0 Å². The molecule has 0 aliphatic carbocycles. The molecule has 1 saturated heterocycles. The van der Waals surface area contributed by atoms with Crippen LogP contribution in [0.2, 0.25) is 0 Å². The summed E-state index contributed by atoms with van der Waals surface area (Å²) in [4.78, 5) is 26.5. The normalized spacial score (nSPS) is 14.6. The van der Waals surface area contributed by atoms with Crippen LogP contribution in [0.4, 0.5) is 5.95 Å². The number of benzene rings is 2. The molecular weight excluding hydrogens is 426 g/mol. The summed E-state index contributed by atoms with van der Waals surface area (Å²) in [6.07, 6.45) is 6.35. The van der Waals surface area contributed by atoms with Gasteiger partial charge in [0.1, 0.15) is 5.75 Å². The van der Waals surface area contributed by atoms with Gasteiger partial charge in [0, 0.05) is 56.3 Å². The van der Waals surface area contributed by atoms with E-state index in [2.05, 4.69) is 25.1 Å². The van der Waals surface area contributed by atoms with Crippen molar-refractivity contribution < 1.29 is 9.53 Å². The molecular formula is C27H31N5O2. The van der Waals surface area contributed by atoms with Gasteiger partial charge in [0.25, 0.3) is 5.91 Å². The first-order valence-electron chi connectivity index (χ1n) is 11.7. The monoisotopic (exact) mass is 457 g/mol.